The highest BCUT2D eigenvalue weighted by Crippen LogP contribution is 2.37. The summed E-state index contributed by atoms with van der Waals surface area (Å²) in [6, 6.07) is -0.000298. The second kappa shape index (κ2) is 12.4. The lowest BCUT2D eigenvalue weighted by Crippen LogP contribution is -2.68. The lowest BCUT2D eigenvalue weighted by atomic mass is 9.84. The van der Waals surface area contributed by atoms with Crippen LogP contribution in [0, 0.1) is 17.8 Å². The summed E-state index contributed by atoms with van der Waals surface area (Å²) in [6.45, 7) is 18.5. The van der Waals surface area contributed by atoms with E-state index in [-0.39, 0.29) is 18.0 Å². The third-order valence-electron chi connectivity index (χ3n) is 8.88. The number of ether oxygens (including phenoxy) is 2. The van der Waals surface area contributed by atoms with E-state index < -0.39 is 11.3 Å². The monoisotopic (exact) mass is 520 g/mol. The van der Waals surface area contributed by atoms with Gasteiger partial charge in [0.1, 0.15) is 11.8 Å². The molecule has 4 aliphatic rings. The average Bonchev–Trinajstić information content (AvgIpc) is 3.36. The number of amides is 1. The molecule has 4 rings (SSSR count). The highest BCUT2D eigenvalue weighted by Gasteiger charge is 2.49. The van der Waals surface area contributed by atoms with Crippen molar-refractivity contribution in [2.24, 2.45) is 17.8 Å². The number of likely N-dealkylation sites (tertiary alicyclic amines) is 2. The number of nitrogens with zero attached hydrogens (tertiary/aromatic N) is 3. The fourth-order valence-electron chi connectivity index (χ4n) is 7.08. The normalized spacial score (nSPS) is 34.0. The van der Waals surface area contributed by atoms with Crippen LogP contribution in [0.25, 0.3) is 0 Å². The van der Waals surface area contributed by atoms with E-state index in [1.165, 1.54) is 25.9 Å². The second-order valence-electron chi connectivity index (χ2n) is 13.1. The maximum Gasteiger partial charge on any atom is 0.240 e. The molecule has 4 saturated heterocycles. The van der Waals surface area contributed by atoms with Crippen LogP contribution in [0.5, 0.6) is 0 Å². The fraction of sp³-hybridized carbons (Fsp3) is 0.931. The van der Waals surface area contributed by atoms with Crippen molar-refractivity contribution in [3.8, 4) is 0 Å². The van der Waals surface area contributed by atoms with Gasteiger partial charge >= 0.3 is 0 Å². The third-order valence-corrected chi connectivity index (χ3v) is 8.88. The van der Waals surface area contributed by atoms with Crippen LogP contribution in [0.4, 0.5) is 0 Å². The van der Waals surface area contributed by atoms with Gasteiger partial charge in [0.05, 0.1) is 19.3 Å². The van der Waals surface area contributed by atoms with Gasteiger partial charge in [0.25, 0.3) is 0 Å². The summed E-state index contributed by atoms with van der Waals surface area (Å²) >= 11 is 0. The number of rotatable bonds is 10. The number of aldehydes is 1. The van der Waals surface area contributed by atoms with E-state index in [4.69, 9.17) is 9.47 Å². The maximum atomic E-state index is 13.6. The quantitative estimate of drug-likeness (QED) is 0.444. The van der Waals surface area contributed by atoms with Crippen LogP contribution in [-0.2, 0) is 19.1 Å². The van der Waals surface area contributed by atoms with Crippen molar-refractivity contribution in [3.05, 3.63) is 0 Å². The molecule has 1 amide bonds. The van der Waals surface area contributed by atoms with Crippen LogP contribution in [0.2, 0.25) is 0 Å². The van der Waals surface area contributed by atoms with Crippen molar-refractivity contribution < 1.29 is 19.1 Å². The first-order valence-corrected chi connectivity index (χ1v) is 14.9. The van der Waals surface area contributed by atoms with Gasteiger partial charge in [-0.25, -0.2) is 0 Å². The smallest absolute Gasteiger partial charge is 0.240 e. The highest BCUT2D eigenvalue weighted by molar-refractivity contribution is 5.87. The molecule has 0 aromatic carbocycles. The Morgan fingerprint density at radius 1 is 1.08 bits per heavy atom. The number of piperazine rings is 1. The van der Waals surface area contributed by atoms with Crippen LogP contribution in [-0.4, -0.2) is 109 Å². The second-order valence-corrected chi connectivity index (χ2v) is 13.1. The molecule has 0 radical (unpaired) electrons. The van der Waals surface area contributed by atoms with E-state index in [0.717, 1.165) is 58.4 Å². The van der Waals surface area contributed by atoms with Gasteiger partial charge in [-0.3, -0.25) is 9.69 Å². The number of carbonyl (C=O) groups is 2. The number of hydrogen-bond acceptors (Lipinski definition) is 7. The predicted octanol–water partition coefficient (Wildman–Crippen LogP) is 2.76. The first kappa shape index (κ1) is 28.9. The van der Waals surface area contributed by atoms with E-state index in [1.54, 1.807) is 0 Å². The first-order valence-electron chi connectivity index (χ1n) is 14.9. The Bertz CT molecular complexity index is 763. The highest BCUT2D eigenvalue weighted by atomic mass is 16.7. The Labute approximate surface area is 224 Å². The summed E-state index contributed by atoms with van der Waals surface area (Å²) in [5, 5.41) is 3.40. The van der Waals surface area contributed by atoms with Gasteiger partial charge < -0.3 is 29.4 Å². The molecule has 8 nitrogen and oxygen atoms in total. The molecule has 0 unspecified atom stereocenters. The van der Waals surface area contributed by atoms with Crippen LogP contribution < -0.4 is 5.32 Å². The van der Waals surface area contributed by atoms with Crippen molar-refractivity contribution in [2.45, 2.75) is 96.6 Å². The summed E-state index contributed by atoms with van der Waals surface area (Å²) < 4.78 is 12.9. The number of nitrogens with one attached hydrogen (secondary N) is 1. The van der Waals surface area contributed by atoms with Gasteiger partial charge in [-0.1, -0.05) is 27.7 Å². The molecule has 4 heterocycles. The standard InChI is InChI=1S/C29H52N4O4/c1-22(2)14-26-27(35)33(13-9-30-26)28(21-34,15-23(3)4)20-32-12-8-29(16-24(32)5)36-18-25(19-37-29)17-31-10-6-7-11-31/h21-26,30H,6-20H2,1-5H3/t24-,25?,26-,28+,29?/m0/s1. The Kier molecular flexibility index (Phi) is 9.71. The molecule has 3 atom stereocenters. The Morgan fingerprint density at radius 3 is 2.38 bits per heavy atom. The molecule has 37 heavy (non-hydrogen) atoms. The maximum absolute atomic E-state index is 13.6. The van der Waals surface area contributed by atoms with Crippen LogP contribution in [0.1, 0.15) is 73.1 Å². The topological polar surface area (TPSA) is 74.3 Å². The van der Waals surface area contributed by atoms with Gasteiger partial charge in [-0.05, 0) is 57.5 Å². The van der Waals surface area contributed by atoms with E-state index in [9.17, 15) is 9.59 Å². The molecule has 1 N–H and O–H groups in total. The molecule has 8 heteroatoms. The lowest BCUT2D eigenvalue weighted by molar-refractivity contribution is -0.305. The van der Waals surface area contributed by atoms with E-state index in [0.29, 0.717) is 37.3 Å². The van der Waals surface area contributed by atoms with Crippen LogP contribution in [0.15, 0.2) is 0 Å². The molecular formula is C29H52N4O4. The summed E-state index contributed by atoms with van der Waals surface area (Å²) in [6.07, 6.45) is 6.77. The zero-order valence-corrected chi connectivity index (χ0v) is 24.0. The zero-order valence-electron chi connectivity index (χ0n) is 24.0. The Balaban J connectivity index is 1.40. The lowest BCUT2D eigenvalue weighted by Gasteiger charge is -2.52. The number of piperidine rings is 1. The van der Waals surface area contributed by atoms with Gasteiger partial charge in [0.15, 0.2) is 5.79 Å². The SMILES string of the molecule is CC(C)C[C@@H]1NCCN([C@](C=O)(CC(C)C)CN2CCC3(C[C@@H]2C)OCC(CN2CCCC2)CO3)C1=O. The van der Waals surface area contributed by atoms with Crippen molar-refractivity contribution in [2.75, 3.05) is 59.0 Å². The van der Waals surface area contributed by atoms with E-state index in [1.807, 2.05) is 4.90 Å². The predicted molar refractivity (Wildman–Crippen MR) is 145 cm³/mol. The average molecular weight is 521 g/mol. The van der Waals surface area contributed by atoms with E-state index >= 15 is 0 Å². The van der Waals surface area contributed by atoms with E-state index in [2.05, 4.69) is 49.7 Å². The molecule has 4 aliphatic heterocycles. The third kappa shape index (κ3) is 6.93. The molecule has 212 valence electrons. The Morgan fingerprint density at radius 2 is 1.78 bits per heavy atom. The molecule has 0 saturated carbocycles. The minimum absolute atomic E-state index is 0.0804. The van der Waals surface area contributed by atoms with Crippen molar-refractivity contribution in [1.82, 2.24) is 20.0 Å². The van der Waals surface area contributed by atoms with Gasteiger partial charge in [-0.2, -0.15) is 0 Å². The summed E-state index contributed by atoms with van der Waals surface area (Å²) in [5.74, 6) is 0.744. The first-order chi connectivity index (χ1) is 17.7. The van der Waals surface area contributed by atoms with Crippen LogP contribution in [0.3, 0.4) is 0 Å². The molecule has 0 aromatic rings. The molecule has 0 bridgehead atoms. The van der Waals surface area contributed by atoms with Crippen molar-refractivity contribution >= 4 is 12.2 Å². The molecule has 0 aliphatic carbocycles. The summed E-state index contributed by atoms with van der Waals surface area (Å²) in [4.78, 5) is 33.4. The summed E-state index contributed by atoms with van der Waals surface area (Å²) in [5.41, 5.74) is -0.809. The summed E-state index contributed by atoms with van der Waals surface area (Å²) in [7, 11) is 0. The molecular weight excluding hydrogens is 468 g/mol. The van der Waals surface area contributed by atoms with Gasteiger partial charge in [-0.15, -0.1) is 0 Å². The van der Waals surface area contributed by atoms with Crippen molar-refractivity contribution in [1.29, 1.82) is 0 Å². The number of carbonyl (C=O) groups excluding carboxylic acids is 2. The minimum Gasteiger partial charge on any atom is -0.349 e. The zero-order chi connectivity index (χ0) is 26.6. The van der Waals surface area contributed by atoms with Crippen LogP contribution >= 0.6 is 0 Å². The van der Waals surface area contributed by atoms with Gasteiger partial charge in [0.2, 0.25) is 5.91 Å². The van der Waals surface area contributed by atoms with Crippen molar-refractivity contribution in [3.63, 3.8) is 0 Å². The molecule has 0 aromatic heterocycles. The molecule has 1 spiro atoms. The largest absolute Gasteiger partial charge is 0.349 e. The van der Waals surface area contributed by atoms with Gasteiger partial charge in [0, 0.05) is 57.5 Å². The fourth-order valence-corrected chi connectivity index (χ4v) is 7.08. The minimum atomic E-state index is -0.809. The number of hydrogen-bond donors (Lipinski definition) is 1. The Hall–Kier alpha value is -1.06. The molecule has 4 fully saturated rings.